The Balaban J connectivity index is 1.61. The van der Waals surface area contributed by atoms with Crippen molar-refractivity contribution in [1.82, 2.24) is 14.9 Å². The van der Waals surface area contributed by atoms with Crippen molar-refractivity contribution in [2.75, 3.05) is 51.7 Å². The number of carbonyl (C=O) groups is 1. The van der Waals surface area contributed by atoms with Gasteiger partial charge in [-0.15, -0.1) is 0 Å². The highest BCUT2D eigenvalue weighted by atomic mass is 16.6. The zero-order chi connectivity index (χ0) is 30.1. The number of likely N-dealkylation sites (N-methyl/N-ethyl adjacent to an activating group) is 1. The van der Waals surface area contributed by atoms with Crippen molar-refractivity contribution in [3.8, 4) is 23.0 Å². The maximum Gasteiger partial charge on any atom is 0.421 e. The van der Waals surface area contributed by atoms with Crippen molar-refractivity contribution < 1.29 is 23.7 Å². The third kappa shape index (κ3) is 7.88. The summed E-state index contributed by atoms with van der Waals surface area (Å²) in [6, 6.07) is 20.3. The van der Waals surface area contributed by atoms with Crippen LogP contribution in [0.5, 0.6) is 23.0 Å². The molecule has 0 aliphatic heterocycles. The maximum atomic E-state index is 13.7. The Morgan fingerprint density at radius 2 is 1.62 bits per heavy atom. The van der Waals surface area contributed by atoms with Gasteiger partial charge in [-0.2, -0.15) is 4.98 Å². The number of ether oxygens (including phenoxy) is 4. The highest BCUT2D eigenvalue weighted by molar-refractivity contribution is 5.88. The zero-order valence-corrected chi connectivity index (χ0v) is 24.9. The number of aromatic nitrogens is 2. The molecule has 4 rings (SSSR count). The zero-order valence-electron chi connectivity index (χ0n) is 24.9. The van der Waals surface area contributed by atoms with Gasteiger partial charge in [-0.1, -0.05) is 18.2 Å². The van der Waals surface area contributed by atoms with Crippen molar-refractivity contribution >= 4 is 23.5 Å². The van der Waals surface area contributed by atoms with E-state index in [-0.39, 0.29) is 6.54 Å². The first-order valence-electron chi connectivity index (χ1n) is 13.5. The molecule has 1 N–H and O–H groups in total. The number of carbonyl (C=O) groups excluding carboxylic acids is 1. The summed E-state index contributed by atoms with van der Waals surface area (Å²) in [7, 11) is 7.17. The van der Waals surface area contributed by atoms with E-state index in [2.05, 4.69) is 20.2 Å². The van der Waals surface area contributed by atoms with Crippen molar-refractivity contribution in [2.24, 2.45) is 0 Å². The Morgan fingerprint density at radius 1 is 0.905 bits per heavy atom. The van der Waals surface area contributed by atoms with E-state index in [1.807, 2.05) is 76.5 Å². The molecule has 0 saturated heterocycles. The number of para-hydroxylation sites is 1. The van der Waals surface area contributed by atoms with E-state index < -0.39 is 6.09 Å². The number of hydrogen-bond acceptors (Lipinski definition) is 9. The van der Waals surface area contributed by atoms with Crippen LogP contribution < -0.4 is 29.2 Å². The second-order valence-corrected chi connectivity index (χ2v) is 9.89. The topological polar surface area (TPSA) is 98.3 Å². The van der Waals surface area contributed by atoms with E-state index in [4.69, 9.17) is 18.9 Å². The van der Waals surface area contributed by atoms with Gasteiger partial charge in [0.25, 0.3) is 0 Å². The number of rotatable bonds is 12. The van der Waals surface area contributed by atoms with Crippen LogP contribution in [0.25, 0.3) is 0 Å². The van der Waals surface area contributed by atoms with Crippen molar-refractivity contribution in [1.29, 1.82) is 0 Å². The minimum atomic E-state index is -0.596. The van der Waals surface area contributed by atoms with Gasteiger partial charge < -0.3 is 29.2 Å². The van der Waals surface area contributed by atoms with Crippen molar-refractivity contribution in [2.45, 2.75) is 20.4 Å². The van der Waals surface area contributed by atoms with Crippen molar-refractivity contribution in [3.63, 3.8) is 0 Å². The molecule has 10 heteroatoms. The molecule has 1 aromatic heterocycles. The number of methoxy groups -OCH3 is 2. The summed E-state index contributed by atoms with van der Waals surface area (Å²) in [6.45, 7) is 5.33. The average Bonchev–Trinajstić information content (AvgIpc) is 2.98. The predicted octanol–water partition coefficient (Wildman–Crippen LogP) is 6.00. The summed E-state index contributed by atoms with van der Waals surface area (Å²) in [5.74, 6) is 3.16. The van der Waals surface area contributed by atoms with E-state index in [9.17, 15) is 4.79 Å². The lowest BCUT2D eigenvalue weighted by Gasteiger charge is -2.23. The highest BCUT2D eigenvalue weighted by Crippen LogP contribution is 2.29. The normalized spacial score (nSPS) is 10.7. The summed E-state index contributed by atoms with van der Waals surface area (Å²) in [4.78, 5) is 26.3. The number of anilines is 3. The van der Waals surface area contributed by atoms with Gasteiger partial charge in [0.1, 0.15) is 35.4 Å². The Bertz CT molecular complexity index is 1470. The smallest absolute Gasteiger partial charge is 0.421 e. The Morgan fingerprint density at radius 3 is 2.29 bits per heavy atom. The van der Waals surface area contributed by atoms with E-state index >= 15 is 0 Å². The molecule has 3 aromatic carbocycles. The molecule has 0 atom stereocenters. The first kappa shape index (κ1) is 30.1. The lowest BCUT2D eigenvalue weighted by atomic mass is 10.1. The van der Waals surface area contributed by atoms with E-state index in [1.54, 1.807) is 38.6 Å². The number of benzene rings is 3. The summed E-state index contributed by atoms with van der Waals surface area (Å²) >= 11 is 0. The molecule has 0 bridgehead atoms. The van der Waals surface area contributed by atoms with Gasteiger partial charge in [0.2, 0.25) is 5.95 Å². The van der Waals surface area contributed by atoms with Gasteiger partial charge in [-0.25, -0.2) is 9.78 Å². The first-order valence-corrected chi connectivity index (χ1v) is 13.5. The second-order valence-electron chi connectivity index (χ2n) is 9.89. The van der Waals surface area contributed by atoms with Crippen LogP contribution in [0.4, 0.5) is 22.2 Å². The molecule has 0 fully saturated rings. The molecule has 220 valence electrons. The lowest BCUT2D eigenvalue weighted by Crippen LogP contribution is -2.34. The molecular formula is C32H37N5O5. The van der Waals surface area contributed by atoms with Gasteiger partial charge in [-0.05, 0) is 87.6 Å². The van der Waals surface area contributed by atoms with Gasteiger partial charge in [0.05, 0.1) is 20.8 Å². The molecule has 42 heavy (non-hydrogen) atoms. The molecular weight excluding hydrogens is 534 g/mol. The highest BCUT2D eigenvalue weighted by Gasteiger charge is 2.24. The molecule has 4 aromatic rings. The monoisotopic (exact) mass is 571 g/mol. The number of aryl methyl sites for hydroxylation is 2. The van der Waals surface area contributed by atoms with Crippen LogP contribution in [-0.2, 0) is 6.54 Å². The summed E-state index contributed by atoms with van der Waals surface area (Å²) in [5.41, 5.74) is 3.18. The van der Waals surface area contributed by atoms with Crippen LogP contribution in [0, 0.1) is 13.8 Å². The minimum Gasteiger partial charge on any atom is -0.497 e. The molecule has 0 unspecified atom stereocenters. The Labute approximate surface area is 246 Å². The van der Waals surface area contributed by atoms with Crippen LogP contribution >= 0.6 is 0 Å². The quantitative estimate of drug-likeness (QED) is 0.220. The van der Waals surface area contributed by atoms with Crippen LogP contribution in [0.1, 0.15) is 16.7 Å². The molecule has 0 saturated carbocycles. The molecule has 0 spiro atoms. The standard InChI is InChI=1S/C32H37N5O5/c1-22-8-7-9-23(2)30(22)42-32(38)37(21-24-20-27(39-5)14-15-28(24)40-6)29-16-17-33-31(35-29)34-25-10-12-26(13-11-25)41-19-18-36(3)4/h7-17,20H,18-19,21H2,1-6H3,(H,33,34,35). The summed E-state index contributed by atoms with van der Waals surface area (Å²) < 4.78 is 22.7. The predicted molar refractivity (Wildman–Crippen MR) is 163 cm³/mol. The fourth-order valence-corrected chi connectivity index (χ4v) is 4.19. The van der Waals surface area contributed by atoms with E-state index in [1.165, 1.54) is 4.90 Å². The van der Waals surface area contributed by atoms with Gasteiger partial charge in [0.15, 0.2) is 0 Å². The number of hydrogen-bond donors (Lipinski definition) is 1. The summed E-state index contributed by atoms with van der Waals surface area (Å²) in [6.07, 6.45) is 0.993. The van der Waals surface area contributed by atoms with Crippen LogP contribution in [0.15, 0.2) is 72.9 Å². The van der Waals surface area contributed by atoms with E-state index in [0.717, 1.165) is 29.1 Å². The molecule has 10 nitrogen and oxygen atoms in total. The lowest BCUT2D eigenvalue weighted by molar-refractivity contribution is 0.206. The van der Waals surface area contributed by atoms with Crippen molar-refractivity contribution in [3.05, 3.63) is 89.6 Å². The molecule has 1 amide bonds. The first-order chi connectivity index (χ1) is 20.3. The largest absolute Gasteiger partial charge is 0.497 e. The molecule has 0 aliphatic carbocycles. The maximum absolute atomic E-state index is 13.7. The van der Waals surface area contributed by atoms with Crippen LogP contribution in [0.3, 0.4) is 0 Å². The fraction of sp³-hybridized carbons (Fsp3) is 0.281. The summed E-state index contributed by atoms with van der Waals surface area (Å²) in [5, 5.41) is 3.20. The van der Waals surface area contributed by atoms with Crippen LogP contribution in [-0.4, -0.2) is 62.4 Å². The number of amides is 1. The molecule has 0 radical (unpaired) electrons. The van der Waals surface area contributed by atoms with Gasteiger partial charge in [-0.3, -0.25) is 4.90 Å². The van der Waals surface area contributed by atoms with E-state index in [0.29, 0.717) is 41.2 Å². The number of nitrogens with one attached hydrogen (secondary N) is 1. The third-order valence-electron chi connectivity index (χ3n) is 6.47. The third-order valence-corrected chi connectivity index (χ3v) is 6.47. The SMILES string of the molecule is COc1ccc(OC)c(CN(C(=O)Oc2c(C)cccc2C)c2ccnc(Nc3ccc(OCCN(C)C)cc3)n2)c1. The van der Waals surface area contributed by atoms with Crippen LogP contribution in [0.2, 0.25) is 0 Å². The Kier molecular flexibility index (Phi) is 10.2. The van der Waals surface area contributed by atoms with Gasteiger partial charge >= 0.3 is 6.09 Å². The average molecular weight is 572 g/mol. The molecule has 0 aliphatic rings. The number of nitrogens with zero attached hydrogens (tertiary/aromatic N) is 4. The fourth-order valence-electron chi connectivity index (χ4n) is 4.19. The van der Waals surface area contributed by atoms with Gasteiger partial charge in [0, 0.05) is 24.0 Å². The minimum absolute atomic E-state index is 0.111. The Hall–Kier alpha value is -4.83. The second kappa shape index (κ2) is 14.2. The molecule has 1 heterocycles.